The first-order chi connectivity index (χ1) is 38.4. The third-order valence-corrected chi connectivity index (χ3v) is 17.5. The lowest BCUT2D eigenvalue weighted by Gasteiger charge is -2.45. The smallest absolute Gasteiger partial charge is 0.407 e. The van der Waals surface area contributed by atoms with Crippen LogP contribution >= 0.6 is 11.3 Å². The SMILES string of the molecule is CCC(C)C(NC(=O)C1CCCCN1CCOCCOCCOCCNC(=O)OCC1CCN(C2(C)CCCCCC2)CC1)C(=O)N(C)C(CC(OC(C)=O)c1nc(C(=O)NC(Cc2ccccc2)CC(C)C(=O)O)cs1)C(C)C. The fraction of sp³-hybridized carbons (Fsp3) is 0.750. The molecule has 0 spiro atoms. The van der Waals surface area contributed by atoms with Crippen molar-refractivity contribution in [1.29, 1.82) is 0 Å². The number of carboxylic acids is 1. The number of amides is 4. The zero-order chi connectivity index (χ0) is 58.0. The molecule has 3 aliphatic rings. The highest BCUT2D eigenvalue weighted by molar-refractivity contribution is 7.09. The van der Waals surface area contributed by atoms with Gasteiger partial charge in [-0.15, -0.1) is 11.3 Å². The maximum absolute atomic E-state index is 14.6. The highest BCUT2D eigenvalue weighted by Crippen LogP contribution is 2.36. The Bertz CT molecular complexity index is 2190. The van der Waals surface area contributed by atoms with E-state index >= 15 is 0 Å². The van der Waals surface area contributed by atoms with Gasteiger partial charge in [0.15, 0.2) is 6.10 Å². The average molecular weight is 1140 g/mol. The zero-order valence-corrected chi connectivity index (χ0v) is 50.2. The van der Waals surface area contributed by atoms with Gasteiger partial charge in [0.1, 0.15) is 16.7 Å². The molecule has 1 saturated carbocycles. The molecule has 1 aromatic heterocycles. The van der Waals surface area contributed by atoms with E-state index in [9.17, 15) is 33.9 Å². The number of hydrogen-bond donors (Lipinski definition) is 4. The van der Waals surface area contributed by atoms with Gasteiger partial charge in [-0.1, -0.05) is 103 Å². The summed E-state index contributed by atoms with van der Waals surface area (Å²) in [7, 11) is 1.72. The van der Waals surface area contributed by atoms with Crippen LogP contribution in [0.3, 0.4) is 0 Å². The summed E-state index contributed by atoms with van der Waals surface area (Å²) >= 11 is 1.17. The molecule has 2 saturated heterocycles. The Morgan fingerprint density at radius 3 is 2.14 bits per heavy atom. The number of benzene rings is 1. The Hall–Kier alpha value is -4.73. The lowest BCUT2D eigenvalue weighted by Crippen LogP contribution is -2.58. The first-order valence-electron chi connectivity index (χ1n) is 29.8. The van der Waals surface area contributed by atoms with E-state index in [2.05, 4.69) is 37.7 Å². The Morgan fingerprint density at radius 1 is 0.838 bits per heavy atom. The summed E-state index contributed by atoms with van der Waals surface area (Å²) in [5.74, 6) is -3.02. The predicted octanol–water partition coefficient (Wildman–Crippen LogP) is 8.06. The minimum absolute atomic E-state index is 0.102. The van der Waals surface area contributed by atoms with E-state index in [-0.39, 0.29) is 42.2 Å². The monoisotopic (exact) mass is 1140 g/mol. The number of thiazole rings is 1. The van der Waals surface area contributed by atoms with Gasteiger partial charge >= 0.3 is 18.0 Å². The average Bonchev–Trinajstić information content (AvgIpc) is 3.85. The number of nitrogens with one attached hydrogen (secondary N) is 3. The molecule has 0 radical (unpaired) electrons. The molecule has 80 heavy (non-hydrogen) atoms. The van der Waals surface area contributed by atoms with Crippen molar-refractivity contribution in [1.82, 2.24) is 35.6 Å². The van der Waals surface area contributed by atoms with Gasteiger partial charge in [0, 0.05) is 56.5 Å². The van der Waals surface area contributed by atoms with Crippen LogP contribution in [0.1, 0.15) is 166 Å². The van der Waals surface area contributed by atoms with Crippen LogP contribution in [0.5, 0.6) is 0 Å². The molecule has 2 aromatic rings. The normalized spacial score (nSPS) is 19.6. The number of carboxylic acid groups (broad SMARTS) is 1. The maximum atomic E-state index is 14.6. The number of aliphatic carboxylic acids is 1. The maximum Gasteiger partial charge on any atom is 0.407 e. The molecule has 1 aliphatic carbocycles. The largest absolute Gasteiger partial charge is 0.481 e. The van der Waals surface area contributed by atoms with E-state index < -0.39 is 60.1 Å². The molecule has 7 unspecified atom stereocenters. The minimum atomic E-state index is -0.956. The molecule has 4 N–H and O–H groups in total. The zero-order valence-electron chi connectivity index (χ0n) is 49.4. The van der Waals surface area contributed by atoms with Crippen molar-refractivity contribution in [2.45, 2.75) is 181 Å². The van der Waals surface area contributed by atoms with Gasteiger partial charge in [0.05, 0.1) is 58.2 Å². The van der Waals surface area contributed by atoms with E-state index in [4.69, 9.17) is 23.7 Å². The van der Waals surface area contributed by atoms with Crippen LogP contribution in [0.2, 0.25) is 0 Å². The van der Waals surface area contributed by atoms with Crippen molar-refractivity contribution in [2.24, 2.45) is 23.7 Å². The van der Waals surface area contributed by atoms with E-state index in [0.29, 0.717) is 95.1 Å². The molecule has 3 fully saturated rings. The summed E-state index contributed by atoms with van der Waals surface area (Å²) in [4.78, 5) is 90.2. The highest BCUT2D eigenvalue weighted by Gasteiger charge is 2.39. The summed E-state index contributed by atoms with van der Waals surface area (Å²) in [5, 5.41) is 20.5. The van der Waals surface area contributed by atoms with Crippen molar-refractivity contribution in [3.8, 4) is 0 Å². The molecule has 3 heterocycles. The van der Waals surface area contributed by atoms with Crippen molar-refractivity contribution < 1.29 is 57.6 Å². The number of rotatable bonds is 33. The van der Waals surface area contributed by atoms with E-state index in [0.717, 1.165) is 50.9 Å². The molecule has 7 atom stereocenters. The number of nitrogens with zero attached hydrogens (tertiary/aromatic N) is 4. The molecule has 4 amide bonds. The number of esters is 1. The number of carbonyl (C=O) groups excluding carboxylic acids is 5. The van der Waals surface area contributed by atoms with Crippen molar-refractivity contribution >= 4 is 47.1 Å². The quantitative estimate of drug-likeness (QED) is 0.0301. The van der Waals surface area contributed by atoms with Crippen LogP contribution in [0.25, 0.3) is 0 Å². The third kappa shape index (κ3) is 21.9. The Labute approximate surface area is 480 Å². The van der Waals surface area contributed by atoms with Gasteiger partial charge in [-0.3, -0.25) is 33.8 Å². The second-order valence-corrected chi connectivity index (χ2v) is 24.0. The summed E-state index contributed by atoms with van der Waals surface area (Å²) in [5.41, 5.74) is 1.38. The molecule has 450 valence electrons. The molecule has 19 nitrogen and oxygen atoms in total. The number of hydrogen-bond acceptors (Lipinski definition) is 15. The van der Waals surface area contributed by atoms with Gasteiger partial charge in [0.25, 0.3) is 5.91 Å². The number of likely N-dealkylation sites (N-methyl/N-ethyl adjacent to an activating group) is 1. The van der Waals surface area contributed by atoms with Crippen LogP contribution in [-0.2, 0) is 49.3 Å². The fourth-order valence-corrected chi connectivity index (χ4v) is 12.3. The van der Waals surface area contributed by atoms with Crippen LogP contribution in [0.15, 0.2) is 35.7 Å². The number of piperidine rings is 2. The lowest BCUT2D eigenvalue weighted by atomic mass is 9.86. The van der Waals surface area contributed by atoms with Gasteiger partial charge in [-0.05, 0) is 101 Å². The van der Waals surface area contributed by atoms with Crippen LogP contribution in [0, 0.1) is 23.7 Å². The summed E-state index contributed by atoms with van der Waals surface area (Å²) in [6.45, 7) is 19.8. The van der Waals surface area contributed by atoms with Crippen LogP contribution in [0.4, 0.5) is 4.79 Å². The van der Waals surface area contributed by atoms with Gasteiger partial charge in [-0.25, -0.2) is 9.78 Å². The molecular weight excluding hydrogens is 1040 g/mol. The highest BCUT2D eigenvalue weighted by atomic mass is 32.1. The summed E-state index contributed by atoms with van der Waals surface area (Å²) in [6.07, 6.45) is 12.7. The number of alkyl carbamates (subject to hydrolysis) is 1. The molecule has 5 rings (SSSR count). The Kier molecular flexibility index (Phi) is 28.6. The predicted molar refractivity (Wildman–Crippen MR) is 308 cm³/mol. The van der Waals surface area contributed by atoms with Crippen molar-refractivity contribution in [3.63, 3.8) is 0 Å². The van der Waals surface area contributed by atoms with Crippen molar-refractivity contribution in [2.75, 3.05) is 86.0 Å². The Balaban J connectivity index is 1.02. The lowest BCUT2D eigenvalue weighted by molar-refractivity contribution is -0.149. The molecule has 2 aliphatic heterocycles. The van der Waals surface area contributed by atoms with Crippen LogP contribution in [-0.4, -0.2) is 176 Å². The van der Waals surface area contributed by atoms with E-state index in [1.807, 2.05) is 58.0 Å². The topological polar surface area (TPSA) is 228 Å². The van der Waals surface area contributed by atoms with Gasteiger partial charge in [0.2, 0.25) is 11.8 Å². The number of aromatic nitrogens is 1. The Morgan fingerprint density at radius 2 is 1.50 bits per heavy atom. The number of ether oxygens (including phenoxy) is 5. The second-order valence-electron chi connectivity index (χ2n) is 23.1. The first-order valence-corrected chi connectivity index (χ1v) is 30.7. The van der Waals surface area contributed by atoms with Gasteiger partial charge < -0.3 is 49.6 Å². The summed E-state index contributed by atoms with van der Waals surface area (Å²) < 4.78 is 28.7. The standard InChI is InChI=1S/C60H97N7O12S/c1-9-43(4)53(57(71)65(8)51(42(2)3)39-52(79-45(6)68)56-63-49(41-80-56)54(69)62-48(37-44(5)58(72)73)38-46-19-13-12-14-20-46)64-55(70)50-21-15-18-27-66(50)30-32-76-34-36-77-35-33-75-31-26-61-59(74)78-40-47-22-28-67(29-23-47)60(7)24-16-10-11-17-25-60/h12-14,19-20,41-44,47-48,50-53H,9-11,15-18,21-40H2,1-8H3,(H,61,74)(H,62,69)(H,64,70)(H,72,73). The van der Waals surface area contributed by atoms with Crippen LogP contribution < -0.4 is 16.0 Å². The molecule has 20 heteroatoms. The van der Waals surface area contributed by atoms with Crippen molar-refractivity contribution in [3.05, 3.63) is 52.0 Å². The fourth-order valence-electron chi connectivity index (χ4n) is 11.4. The number of carbonyl (C=O) groups is 6. The molecular formula is C60H97N7O12S. The first kappa shape index (κ1) is 66.1. The van der Waals surface area contributed by atoms with E-state index in [1.54, 1.807) is 24.3 Å². The second kappa shape index (κ2) is 34.7. The molecule has 0 bridgehead atoms. The van der Waals surface area contributed by atoms with Gasteiger partial charge in [-0.2, -0.15) is 0 Å². The molecule has 1 aromatic carbocycles. The summed E-state index contributed by atoms with van der Waals surface area (Å²) in [6, 6.07) is 7.34. The number of likely N-dealkylation sites (tertiary alicyclic amines) is 2. The third-order valence-electron chi connectivity index (χ3n) is 16.6. The van der Waals surface area contributed by atoms with E-state index in [1.165, 1.54) is 56.8 Å². The minimum Gasteiger partial charge on any atom is -0.481 e.